The molecule has 0 aliphatic rings. The molecular formula is C19H21NO3. The molecule has 1 N–H and O–H groups in total. The molecule has 0 saturated carbocycles. The SMILES string of the molecule is Cc1ccccc1C(=O)OC(C)C(=O)NC(C)c1ccccc1. The summed E-state index contributed by atoms with van der Waals surface area (Å²) in [6, 6.07) is 16.6. The third-order valence-corrected chi connectivity index (χ3v) is 3.68. The van der Waals surface area contributed by atoms with E-state index in [1.54, 1.807) is 19.1 Å². The Morgan fingerprint density at radius 3 is 2.22 bits per heavy atom. The van der Waals surface area contributed by atoms with Gasteiger partial charge >= 0.3 is 5.97 Å². The Bertz CT molecular complexity index is 682. The van der Waals surface area contributed by atoms with Crippen LogP contribution in [0.15, 0.2) is 54.6 Å². The van der Waals surface area contributed by atoms with Crippen molar-refractivity contribution in [2.75, 3.05) is 0 Å². The van der Waals surface area contributed by atoms with Crippen LogP contribution >= 0.6 is 0 Å². The lowest BCUT2D eigenvalue weighted by atomic mass is 10.1. The number of benzene rings is 2. The maximum Gasteiger partial charge on any atom is 0.339 e. The van der Waals surface area contributed by atoms with Crippen molar-refractivity contribution in [3.8, 4) is 0 Å². The monoisotopic (exact) mass is 311 g/mol. The molecule has 23 heavy (non-hydrogen) atoms. The number of carbonyl (C=O) groups excluding carboxylic acids is 2. The fourth-order valence-corrected chi connectivity index (χ4v) is 2.24. The Hall–Kier alpha value is -2.62. The highest BCUT2D eigenvalue weighted by molar-refractivity contribution is 5.93. The minimum atomic E-state index is -0.853. The lowest BCUT2D eigenvalue weighted by Gasteiger charge is -2.18. The maximum atomic E-state index is 12.2. The summed E-state index contributed by atoms with van der Waals surface area (Å²) in [6.07, 6.45) is -0.853. The summed E-state index contributed by atoms with van der Waals surface area (Å²) >= 11 is 0. The highest BCUT2D eigenvalue weighted by atomic mass is 16.5. The van der Waals surface area contributed by atoms with E-state index in [-0.39, 0.29) is 11.9 Å². The average molecular weight is 311 g/mol. The molecule has 0 spiro atoms. The van der Waals surface area contributed by atoms with Crippen LogP contribution in [0.1, 0.15) is 41.4 Å². The zero-order valence-corrected chi connectivity index (χ0v) is 13.6. The predicted octanol–water partition coefficient (Wildman–Crippen LogP) is 3.42. The van der Waals surface area contributed by atoms with E-state index in [0.717, 1.165) is 11.1 Å². The first-order chi connectivity index (χ1) is 11.0. The van der Waals surface area contributed by atoms with Crippen molar-refractivity contribution < 1.29 is 14.3 Å². The Balaban J connectivity index is 1.95. The van der Waals surface area contributed by atoms with E-state index < -0.39 is 12.1 Å². The van der Waals surface area contributed by atoms with Gasteiger partial charge in [0.25, 0.3) is 5.91 Å². The molecule has 120 valence electrons. The quantitative estimate of drug-likeness (QED) is 0.861. The van der Waals surface area contributed by atoms with E-state index in [9.17, 15) is 9.59 Å². The number of aryl methyl sites for hydroxylation is 1. The first-order valence-corrected chi connectivity index (χ1v) is 7.61. The van der Waals surface area contributed by atoms with E-state index >= 15 is 0 Å². The Morgan fingerprint density at radius 2 is 1.57 bits per heavy atom. The van der Waals surface area contributed by atoms with Gasteiger partial charge in [0.15, 0.2) is 6.10 Å². The molecule has 0 aromatic heterocycles. The Labute approximate surface area is 136 Å². The number of carbonyl (C=O) groups is 2. The first kappa shape index (κ1) is 16.7. The van der Waals surface area contributed by atoms with E-state index in [4.69, 9.17) is 4.74 Å². The maximum absolute atomic E-state index is 12.2. The number of hydrogen-bond acceptors (Lipinski definition) is 3. The van der Waals surface area contributed by atoms with Crippen molar-refractivity contribution in [1.82, 2.24) is 5.32 Å². The third-order valence-electron chi connectivity index (χ3n) is 3.68. The molecule has 0 heterocycles. The number of ether oxygens (including phenoxy) is 1. The van der Waals surface area contributed by atoms with Gasteiger partial charge in [0.1, 0.15) is 0 Å². The van der Waals surface area contributed by atoms with Crippen LogP contribution in [0.25, 0.3) is 0 Å². The summed E-state index contributed by atoms with van der Waals surface area (Å²) < 4.78 is 5.26. The zero-order valence-electron chi connectivity index (χ0n) is 13.6. The standard InChI is InChI=1S/C19H21NO3/c1-13-9-7-8-12-17(13)19(22)23-15(3)18(21)20-14(2)16-10-5-4-6-11-16/h4-12,14-15H,1-3H3,(H,20,21). The van der Waals surface area contributed by atoms with Gasteiger partial charge in [-0.15, -0.1) is 0 Å². The van der Waals surface area contributed by atoms with Crippen molar-refractivity contribution in [3.63, 3.8) is 0 Å². The largest absolute Gasteiger partial charge is 0.449 e. The van der Waals surface area contributed by atoms with Crippen molar-refractivity contribution in [2.24, 2.45) is 0 Å². The molecule has 2 atom stereocenters. The van der Waals surface area contributed by atoms with E-state index in [1.165, 1.54) is 0 Å². The second-order valence-electron chi connectivity index (χ2n) is 5.50. The molecule has 0 bridgehead atoms. The summed E-state index contributed by atoms with van der Waals surface area (Å²) in [5.74, 6) is -0.804. The smallest absolute Gasteiger partial charge is 0.339 e. The number of amides is 1. The molecule has 2 unspecified atom stereocenters. The van der Waals surface area contributed by atoms with E-state index in [2.05, 4.69) is 5.32 Å². The van der Waals surface area contributed by atoms with Crippen LogP contribution in [-0.2, 0) is 9.53 Å². The normalized spacial score (nSPS) is 13.0. The minimum Gasteiger partial charge on any atom is -0.449 e. The fourth-order valence-electron chi connectivity index (χ4n) is 2.24. The number of hydrogen-bond donors (Lipinski definition) is 1. The Kier molecular flexibility index (Phi) is 5.52. The molecule has 2 aromatic rings. The highest BCUT2D eigenvalue weighted by Gasteiger charge is 2.21. The van der Waals surface area contributed by atoms with Gasteiger partial charge in [-0.25, -0.2) is 4.79 Å². The summed E-state index contributed by atoms with van der Waals surface area (Å²) in [6.45, 7) is 5.30. The van der Waals surface area contributed by atoms with Gasteiger partial charge in [0, 0.05) is 0 Å². The summed E-state index contributed by atoms with van der Waals surface area (Å²) in [4.78, 5) is 24.3. The first-order valence-electron chi connectivity index (χ1n) is 7.61. The van der Waals surface area contributed by atoms with Crippen molar-refractivity contribution in [3.05, 3.63) is 71.3 Å². The van der Waals surface area contributed by atoms with Gasteiger partial charge in [-0.3, -0.25) is 4.79 Å². The minimum absolute atomic E-state index is 0.150. The zero-order chi connectivity index (χ0) is 16.8. The van der Waals surface area contributed by atoms with Gasteiger partial charge in [0.2, 0.25) is 0 Å². The molecule has 4 nitrogen and oxygen atoms in total. The van der Waals surface area contributed by atoms with Gasteiger partial charge < -0.3 is 10.1 Å². The predicted molar refractivity (Wildman–Crippen MR) is 89.1 cm³/mol. The summed E-state index contributed by atoms with van der Waals surface area (Å²) in [5, 5.41) is 2.85. The molecule has 2 rings (SSSR count). The topological polar surface area (TPSA) is 55.4 Å². The molecule has 0 saturated heterocycles. The van der Waals surface area contributed by atoms with Crippen molar-refractivity contribution >= 4 is 11.9 Å². The highest BCUT2D eigenvalue weighted by Crippen LogP contribution is 2.13. The van der Waals surface area contributed by atoms with Crippen LogP contribution in [0.4, 0.5) is 0 Å². The second-order valence-corrected chi connectivity index (χ2v) is 5.50. The van der Waals surface area contributed by atoms with Crippen LogP contribution in [0.3, 0.4) is 0 Å². The number of nitrogens with one attached hydrogen (secondary N) is 1. The Morgan fingerprint density at radius 1 is 0.957 bits per heavy atom. The van der Waals surface area contributed by atoms with Gasteiger partial charge in [-0.2, -0.15) is 0 Å². The fraction of sp³-hybridized carbons (Fsp3) is 0.263. The van der Waals surface area contributed by atoms with E-state index in [1.807, 2.05) is 56.3 Å². The second kappa shape index (κ2) is 7.58. The average Bonchev–Trinajstić information content (AvgIpc) is 2.55. The van der Waals surface area contributed by atoms with Gasteiger partial charge in [-0.05, 0) is 38.0 Å². The summed E-state index contributed by atoms with van der Waals surface area (Å²) in [7, 11) is 0. The van der Waals surface area contributed by atoms with Crippen molar-refractivity contribution in [2.45, 2.75) is 32.9 Å². The van der Waals surface area contributed by atoms with Gasteiger partial charge in [0.05, 0.1) is 11.6 Å². The molecule has 0 radical (unpaired) electrons. The molecular weight excluding hydrogens is 290 g/mol. The van der Waals surface area contributed by atoms with Crippen LogP contribution in [-0.4, -0.2) is 18.0 Å². The molecule has 0 aliphatic carbocycles. The van der Waals surface area contributed by atoms with Crippen LogP contribution in [0, 0.1) is 6.92 Å². The summed E-state index contributed by atoms with van der Waals surface area (Å²) in [5.41, 5.74) is 2.30. The molecule has 0 aliphatic heterocycles. The van der Waals surface area contributed by atoms with Gasteiger partial charge in [-0.1, -0.05) is 48.5 Å². The molecule has 4 heteroatoms. The van der Waals surface area contributed by atoms with Crippen LogP contribution in [0.5, 0.6) is 0 Å². The van der Waals surface area contributed by atoms with Crippen LogP contribution in [0.2, 0.25) is 0 Å². The van der Waals surface area contributed by atoms with Crippen LogP contribution < -0.4 is 5.32 Å². The number of esters is 1. The molecule has 1 amide bonds. The molecule has 0 fully saturated rings. The lowest BCUT2D eigenvalue weighted by molar-refractivity contribution is -0.129. The van der Waals surface area contributed by atoms with E-state index in [0.29, 0.717) is 5.56 Å². The molecule has 2 aromatic carbocycles. The number of rotatable bonds is 5. The lowest BCUT2D eigenvalue weighted by Crippen LogP contribution is -2.37. The third kappa shape index (κ3) is 4.42. The van der Waals surface area contributed by atoms with Crippen molar-refractivity contribution in [1.29, 1.82) is 0 Å².